The van der Waals surface area contributed by atoms with Gasteiger partial charge in [-0.25, -0.2) is 0 Å². The molecule has 66 valence electrons. The second-order valence-corrected chi connectivity index (χ2v) is 3.14. The summed E-state index contributed by atoms with van der Waals surface area (Å²) in [5.74, 6) is -2.60. The van der Waals surface area contributed by atoms with Crippen LogP contribution in [0.15, 0.2) is 22.2 Å². The van der Waals surface area contributed by atoms with Crippen molar-refractivity contribution in [1.29, 1.82) is 0 Å². The molecule has 0 amide bonds. The van der Waals surface area contributed by atoms with E-state index in [0.29, 0.717) is 6.08 Å². The molecule has 0 saturated heterocycles. The molecule has 3 nitrogen and oxygen atoms in total. The Labute approximate surface area is 77.6 Å². The van der Waals surface area contributed by atoms with Gasteiger partial charge < -0.3 is 0 Å². The first-order chi connectivity index (χ1) is 5.46. The quantitative estimate of drug-likeness (QED) is 0.380. The average molecular weight is 212 g/mol. The van der Waals surface area contributed by atoms with Crippen LogP contribution < -0.4 is 0 Å². The van der Waals surface area contributed by atoms with E-state index in [2.05, 4.69) is 0 Å². The summed E-state index contributed by atoms with van der Waals surface area (Å²) in [5, 5.41) is 10.2. The van der Waals surface area contributed by atoms with E-state index < -0.39 is 10.7 Å². The maximum Gasteiger partial charge on any atom is 0.383 e. The van der Waals surface area contributed by atoms with Crippen LogP contribution in [-0.4, -0.2) is 10.7 Å². The molecule has 0 radical (unpaired) electrons. The fraction of sp³-hybridized carbons (Fsp3) is 0.333. The number of nitro groups is 1. The number of alkyl halides is 1. The molecule has 0 aromatic heterocycles. The van der Waals surface area contributed by atoms with Crippen LogP contribution in [-0.2, 0) is 0 Å². The highest BCUT2D eigenvalue weighted by Crippen LogP contribution is 2.33. The number of hydrogen-bond donors (Lipinski definition) is 0. The minimum atomic E-state index is -2.60. The Bertz CT molecular complexity index is 289. The molecular formula is C6H4Cl2FNO2. The van der Waals surface area contributed by atoms with Gasteiger partial charge in [-0.2, -0.15) is 4.39 Å². The van der Waals surface area contributed by atoms with Crippen molar-refractivity contribution in [2.45, 2.75) is 12.2 Å². The molecule has 1 unspecified atom stereocenters. The van der Waals surface area contributed by atoms with Crippen LogP contribution in [0.3, 0.4) is 0 Å². The average Bonchev–Trinajstić information content (AvgIpc) is 1.97. The molecule has 0 spiro atoms. The lowest BCUT2D eigenvalue weighted by Crippen LogP contribution is -2.31. The molecule has 0 aliphatic heterocycles. The van der Waals surface area contributed by atoms with Crippen molar-refractivity contribution in [2.75, 3.05) is 0 Å². The van der Waals surface area contributed by atoms with Crippen molar-refractivity contribution in [3.05, 3.63) is 32.3 Å². The number of halogens is 3. The molecule has 0 saturated carbocycles. The van der Waals surface area contributed by atoms with Crippen LogP contribution in [0.4, 0.5) is 4.39 Å². The smallest absolute Gasteiger partial charge is 0.261 e. The summed E-state index contributed by atoms with van der Waals surface area (Å²) in [5.41, 5.74) is 0. The Morgan fingerprint density at radius 2 is 2.17 bits per heavy atom. The molecule has 0 aromatic carbocycles. The molecule has 6 heteroatoms. The summed E-state index contributed by atoms with van der Waals surface area (Å²) in [6.45, 7) is 0. The Morgan fingerprint density at radius 1 is 1.58 bits per heavy atom. The zero-order valence-electron chi connectivity index (χ0n) is 5.76. The third-order valence-electron chi connectivity index (χ3n) is 1.45. The van der Waals surface area contributed by atoms with Gasteiger partial charge in [0.15, 0.2) is 0 Å². The Hall–Kier alpha value is -0.610. The van der Waals surface area contributed by atoms with Gasteiger partial charge >= 0.3 is 5.79 Å². The van der Waals surface area contributed by atoms with Gasteiger partial charge in [0.25, 0.3) is 0 Å². The van der Waals surface area contributed by atoms with Gasteiger partial charge in [0, 0.05) is 6.08 Å². The van der Waals surface area contributed by atoms with E-state index in [1.54, 1.807) is 0 Å². The highest BCUT2D eigenvalue weighted by molar-refractivity contribution is 6.44. The largest absolute Gasteiger partial charge is 0.383 e. The van der Waals surface area contributed by atoms with Crippen LogP contribution in [0.5, 0.6) is 0 Å². The zero-order valence-corrected chi connectivity index (χ0v) is 7.27. The summed E-state index contributed by atoms with van der Waals surface area (Å²) >= 11 is 10.9. The van der Waals surface area contributed by atoms with Gasteiger partial charge in [-0.05, 0) is 0 Å². The minimum Gasteiger partial charge on any atom is -0.261 e. The lowest BCUT2D eigenvalue weighted by Gasteiger charge is -2.15. The molecule has 1 aliphatic carbocycles. The summed E-state index contributed by atoms with van der Waals surface area (Å²) in [4.78, 5) is 9.15. The number of hydrogen-bond acceptors (Lipinski definition) is 2. The normalized spacial score (nSPS) is 29.2. The summed E-state index contributed by atoms with van der Waals surface area (Å²) in [7, 11) is 0. The molecule has 0 aromatic rings. The van der Waals surface area contributed by atoms with Crippen molar-refractivity contribution in [2.24, 2.45) is 0 Å². The fourth-order valence-corrected chi connectivity index (χ4v) is 1.16. The Balaban J connectivity index is 2.98. The fourth-order valence-electron chi connectivity index (χ4n) is 0.780. The third kappa shape index (κ3) is 1.59. The van der Waals surface area contributed by atoms with Crippen molar-refractivity contribution >= 4 is 23.2 Å². The van der Waals surface area contributed by atoms with E-state index in [1.165, 1.54) is 6.08 Å². The van der Waals surface area contributed by atoms with Crippen LogP contribution in [0.1, 0.15) is 6.42 Å². The first-order valence-electron chi connectivity index (χ1n) is 3.03. The molecule has 1 rings (SSSR count). The summed E-state index contributed by atoms with van der Waals surface area (Å²) < 4.78 is 13.2. The number of allylic oxidation sites excluding steroid dienone is 2. The van der Waals surface area contributed by atoms with Crippen molar-refractivity contribution < 1.29 is 9.31 Å². The van der Waals surface area contributed by atoms with Crippen molar-refractivity contribution in [1.82, 2.24) is 0 Å². The topological polar surface area (TPSA) is 43.1 Å². The van der Waals surface area contributed by atoms with Gasteiger partial charge in [0.1, 0.15) is 0 Å². The zero-order chi connectivity index (χ0) is 9.35. The summed E-state index contributed by atoms with van der Waals surface area (Å²) in [6.07, 6.45) is 1.51. The number of nitrogens with zero attached hydrogens (tertiary/aromatic N) is 1. The van der Waals surface area contributed by atoms with Gasteiger partial charge in [-0.1, -0.05) is 29.3 Å². The number of rotatable bonds is 1. The second-order valence-electron chi connectivity index (χ2n) is 2.32. The SMILES string of the molecule is O=[N+]([O-])C1(F)C=C(Cl)C(Cl)=CC1. The molecule has 1 atom stereocenters. The lowest BCUT2D eigenvalue weighted by molar-refractivity contribution is -0.588. The van der Waals surface area contributed by atoms with Gasteiger partial charge in [0.05, 0.1) is 21.4 Å². The molecule has 1 aliphatic rings. The van der Waals surface area contributed by atoms with Gasteiger partial charge in [-0.3, -0.25) is 10.1 Å². The standard InChI is InChI=1S/C6H4Cl2FNO2/c7-4-1-2-6(9,10(11)12)3-5(4)8/h1,3H,2H2. The van der Waals surface area contributed by atoms with E-state index >= 15 is 0 Å². The van der Waals surface area contributed by atoms with Crippen molar-refractivity contribution in [3.63, 3.8) is 0 Å². The van der Waals surface area contributed by atoms with E-state index in [0.717, 1.165) is 0 Å². The molecular weight excluding hydrogens is 208 g/mol. The monoisotopic (exact) mass is 211 g/mol. The first kappa shape index (κ1) is 9.48. The minimum absolute atomic E-state index is 0.123. The van der Waals surface area contributed by atoms with Gasteiger partial charge in [0.2, 0.25) is 0 Å². The Kier molecular flexibility index (Phi) is 2.39. The Morgan fingerprint density at radius 3 is 2.58 bits per heavy atom. The van der Waals surface area contributed by atoms with Crippen LogP contribution in [0, 0.1) is 10.1 Å². The predicted molar refractivity (Wildman–Crippen MR) is 43.3 cm³/mol. The van der Waals surface area contributed by atoms with Crippen LogP contribution in [0.2, 0.25) is 0 Å². The van der Waals surface area contributed by atoms with E-state index in [9.17, 15) is 14.5 Å². The molecule has 12 heavy (non-hydrogen) atoms. The lowest BCUT2D eigenvalue weighted by atomic mass is 10.1. The van der Waals surface area contributed by atoms with Crippen LogP contribution in [0.25, 0.3) is 0 Å². The first-order valence-corrected chi connectivity index (χ1v) is 3.79. The maximum absolute atomic E-state index is 13.2. The molecule has 0 bridgehead atoms. The van der Waals surface area contributed by atoms with Gasteiger partial charge in [-0.15, -0.1) is 0 Å². The molecule has 0 fully saturated rings. The second kappa shape index (κ2) is 3.03. The highest BCUT2D eigenvalue weighted by atomic mass is 35.5. The molecule has 0 heterocycles. The van der Waals surface area contributed by atoms with E-state index in [4.69, 9.17) is 23.2 Å². The predicted octanol–water partition coefficient (Wildman–Crippen LogP) is 2.58. The highest BCUT2D eigenvalue weighted by Gasteiger charge is 2.42. The van der Waals surface area contributed by atoms with Crippen molar-refractivity contribution in [3.8, 4) is 0 Å². The molecule has 0 N–H and O–H groups in total. The van der Waals surface area contributed by atoms with E-state index in [-0.39, 0.29) is 16.5 Å². The third-order valence-corrected chi connectivity index (χ3v) is 2.21. The van der Waals surface area contributed by atoms with Crippen LogP contribution >= 0.6 is 23.2 Å². The van der Waals surface area contributed by atoms with E-state index in [1.807, 2.05) is 0 Å². The maximum atomic E-state index is 13.2. The summed E-state index contributed by atoms with van der Waals surface area (Å²) in [6, 6.07) is 0.